The molecule has 0 heterocycles. The molecule has 1 fully saturated rings. The van der Waals surface area contributed by atoms with E-state index in [2.05, 4.69) is 4.74 Å². The lowest BCUT2D eigenvalue weighted by Gasteiger charge is -2.18. The number of methoxy groups -OCH3 is 1. The second-order valence-electron chi connectivity index (χ2n) is 3.82. The van der Waals surface area contributed by atoms with Crippen molar-refractivity contribution in [3.63, 3.8) is 0 Å². The van der Waals surface area contributed by atoms with E-state index >= 15 is 0 Å². The predicted octanol–water partition coefficient (Wildman–Crippen LogP) is 1.86. The van der Waals surface area contributed by atoms with E-state index in [9.17, 15) is 9.59 Å². The zero-order valence-corrected chi connectivity index (χ0v) is 8.49. The molecule has 0 aromatic heterocycles. The Labute approximate surface area is 84.1 Å². The van der Waals surface area contributed by atoms with Crippen LogP contribution in [0.4, 0.5) is 0 Å². The van der Waals surface area contributed by atoms with Crippen molar-refractivity contribution in [2.75, 3.05) is 7.11 Å². The number of hydrogen-bond donors (Lipinski definition) is 0. The Morgan fingerprint density at radius 2 is 2.07 bits per heavy atom. The Morgan fingerprint density at radius 3 is 2.57 bits per heavy atom. The molecule has 3 heteroatoms. The Morgan fingerprint density at radius 1 is 1.43 bits per heavy atom. The van der Waals surface area contributed by atoms with Gasteiger partial charge in [0.25, 0.3) is 0 Å². The lowest BCUT2D eigenvalue weighted by molar-refractivity contribution is -0.134. The summed E-state index contributed by atoms with van der Waals surface area (Å²) in [4.78, 5) is 21.7. The number of hydrogen-bond acceptors (Lipinski definition) is 3. The van der Waals surface area contributed by atoms with Crippen LogP contribution in [0.1, 0.15) is 32.1 Å². The third-order valence-electron chi connectivity index (χ3n) is 2.83. The van der Waals surface area contributed by atoms with Gasteiger partial charge in [0, 0.05) is 11.5 Å². The van der Waals surface area contributed by atoms with Gasteiger partial charge in [-0.1, -0.05) is 18.9 Å². The number of rotatable bonds is 4. The van der Waals surface area contributed by atoms with Gasteiger partial charge in [-0.15, -0.1) is 0 Å². The van der Waals surface area contributed by atoms with Crippen LogP contribution in [-0.2, 0) is 14.3 Å². The summed E-state index contributed by atoms with van der Waals surface area (Å²) in [5.41, 5.74) is -0.204. The van der Waals surface area contributed by atoms with Crippen molar-refractivity contribution < 1.29 is 14.3 Å². The molecule has 0 N–H and O–H groups in total. The summed E-state index contributed by atoms with van der Waals surface area (Å²) in [6.45, 7) is 0. The van der Waals surface area contributed by atoms with Crippen molar-refractivity contribution in [3.05, 3.63) is 12.2 Å². The maximum Gasteiger partial charge on any atom is 0.330 e. The van der Waals surface area contributed by atoms with Gasteiger partial charge in [0.1, 0.15) is 6.29 Å². The standard InChI is InChI=1S/C11H16O3/c1-14-10(13)5-4-8-11(9-12)6-2-3-7-11/h4-5,9H,2-3,6-8H2,1H3/b5-4+. The Balaban J connectivity index is 2.45. The van der Waals surface area contributed by atoms with Gasteiger partial charge in [0.15, 0.2) is 0 Å². The quantitative estimate of drug-likeness (QED) is 0.391. The van der Waals surface area contributed by atoms with Crippen LogP contribution in [0.15, 0.2) is 12.2 Å². The predicted molar refractivity (Wildman–Crippen MR) is 52.7 cm³/mol. The molecule has 3 nitrogen and oxygen atoms in total. The number of carbonyl (C=O) groups excluding carboxylic acids is 2. The summed E-state index contributed by atoms with van der Waals surface area (Å²) in [6, 6.07) is 0. The molecular formula is C11H16O3. The van der Waals surface area contributed by atoms with Crippen LogP contribution in [0.5, 0.6) is 0 Å². The van der Waals surface area contributed by atoms with Crippen molar-refractivity contribution in [2.24, 2.45) is 5.41 Å². The van der Waals surface area contributed by atoms with Crippen LogP contribution >= 0.6 is 0 Å². The van der Waals surface area contributed by atoms with Crippen LogP contribution in [0.25, 0.3) is 0 Å². The third-order valence-corrected chi connectivity index (χ3v) is 2.83. The molecule has 1 aliphatic carbocycles. The number of ether oxygens (including phenoxy) is 1. The molecule has 0 bridgehead atoms. The number of aldehydes is 1. The topological polar surface area (TPSA) is 43.4 Å². The van der Waals surface area contributed by atoms with Gasteiger partial charge in [-0.05, 0) is 19.3 Å². The molecule has 0 atom stereocenters. The fourth-order valence-electron chi connectivity index (χ4n) is 1.91. The molecule has 0 amide bonds. The van der Waals surface area contributed by atoms with Crippen LogP contribution in [0.2, 0.25) is 0 Å². The smallest absolute Gasteiger partial charge is 0.330 e. The first kappa shape index (κ1) is 11.0. The highest BCUT2D eigenvalue weighted by Crippen LogP contribution is 2.39. The fraction of sp³-hybridized carbons (Fsp3) is 0.636. The summed E-state index contributed by atoms with van der Waals surface area (Å²) in [5.74, 6) is -0.357. The average Bonchev–Trinajstić information content (AvgIpc) is 2.67. The zero-order chi connectivity index (χ0) is 10.4. The highest BCUT2D eigenvalue weighted by molar-refractivity contribution is 5.81. The minimum Gasteiger partial charge on any atom is -0.466 e. The van der Waals surface area contributed by atoms with Gasteiger partial charge in [0.05, 0.1) is 7.11 Å². The molecule has 14 heavy (non-hydrogen) atoms. The van der Waals surface area contributed by atoms with E-state index < -0.39 is 0 Å². The van der Waals surface area contributed by atoms with Crippen molar-refractivity contribution in [3.8, 4) is 0 Å². The Kier molecular flexibility index (Phi) is 3.86. The van der Waals surface area contributed by atoms with Crippen molar-refractivity contribution >= 4 is 12.3 Å². The van der Waals surface area contributed by atoms with Gasteiger partial charge < -0.3 is 9.53 Å². The number of carbonyl (C=O) groups is 2. The van der Waals surface area contributed by atoms with E-state index in [-0.39, 0.29) is 11.4 Å². The first-order chi connectivity index (χ1) is 6.72. The van der Waals surface area contributed by atoms with Crippen LogP contribution in [0.3, 0.4) is 0 Å². The average molecular weight is 196 g/mol. The van der Waals surface area contributed by atoms with Crippen molar-refractivity contribution in [1.29, 1.82) is 0 Å². The molecule has 0 aromatic carbocycles. The molecule has 0 aromatic rings. The van der Waals surface area contributed by atoms with Crippen LogP contribution < -0.4 is 0 Å². The summed E-state index contributed by atoms with van der Waals surface area (Å²) in [7, 11) is 1.34. The molecular weight excluding hydrogens is 180 g/mol. The lowest BCUT2D eigenvalue weighted by Crippen LogP contribution is -2.16. The molecule has 1 saturated carbocycles. The molecule has 0 radical (unpaired) electrons. The second kappa shape index (κ2) is 4.94. The largest absolute Gasteiger partial charge is 0.466 e. The highest BCUT2D eigenvalue weighted by atomic mass is 16.5. The van der Waals surface area contributed by atoms with Crippen LogP contribution in [0, 0.1) is 5.41 Å². The van der Waals surface area contributed by atoms with Crippen molar-refractivity contribution in [1.82, 2.24) is 0 Å². The van der Waals surface area contributed by atoms with Gasteiger partial charge >= 0.3 is 5.97 Å². The van der Waals surface area contributed by atoms with Gasteiger partial charge in [-0.2, -0.15) is 0 Å². The highest BCUT2D eigenvalue weighted by Gasteiger charge is 2.31. The number of esters is 1. The van der Waals surface area contributed by atoms with Crippen LogP contribution in [-0.4, -0.2) is 19.4 Å². The minimum atomic E-state index is -0.357. The molecule has 78 valence electrons. The van der Waals surface area contributed by atoms with E-state index in [4.69, 9.17) is 0 Å². The normalized spacial score (nSPS) is 19.8. The summed E-state index contributed by atoms with van der Waals surface area (Å²) in [5, 5.41) is 0. The third kappa shape index (κ3) is 2.69. The van der Waals surface area contributed by atoms with E-state index in [0.29, 0.717) is 6.42 Å². The van der Waals surface area contributed by atoms with Crippen molar-refractivity contribution in [2.45, 2.75) is 32.1 Å². The summed E-state index contributed by atoms with van der Waals surface area (Å²) in [6.07, 6.45) is 8.96. The molecule has 0 spiro atoms. The van der Waals surface area contributed by atoms with E-state index in [1.54, 1.807) is 6.08 Å². The monoisotopic (exact) mass is 196 g/mol. The molecule has 1 rings (SSSR count). The molecule has 0 saturated heterocycles. The summed E-state index contributed by atoms with van der Waals surface area (Å²) < 4.78 is 4.47. The first-order valence-electron chi connectivity index (χ1n) is 4.93. The Bertz CT molecular complexity index is 237. The maximum atomic E-state index is 10.9. The molecule has 0 aliphatic heterocycles. The molecule has 1 aliphatic rings. The van der Waals surface area contributed by atoms with E-state index in [1.165, 1.54) is 13.2 Å². The SMILES string of the molecule is COC(=O)/C=C/CC1(C=O)CCCC1. The van der Waals surface area contributed by atoms with Gasteiger partial charge in [0.2, 0.25) is 0 Å². The first-order valence-corrected chi connectivity index (χ1v) is 4.93. The lowest BCUT2D eigenvalue weighted by atomic mass is 9.84. The zero-order valence-electron chi connectivity index (χ0n) is 8.49. The summed E-state index contributed by atoms with van der Waals surface area (Å²) >= 11 is 0. The van der Waals surface area contributed by atoms with Gasteiger partial charge in [-0.25, -0.2) is 4.79 Å². The van der Waals surface area contributed by atoms with Gasteiger partial charge in [-0.3, -0.25) is 0 Å². The fourth-order valence-corrected chi connectivity index (χ4v) is 1.91. The molecule has 0 unspecified atom stereocenters. The minimum absolute atomic E-state index is 0.204. The van der Waals surface area contributed by atoms with E-state index in [1.807, 2.05) is 0 Å². The van der Waals surface area contributed by atoms with E-state index in [0.717, 1.165) is 32.0 Å². The maximum absolute atomic E-state index is 10.9. The number of allylic oxidation sites excluding steroid dienone is 1. The second-order valence-corrected chi connectivity index (χ2v) is 3.82. The Hall–Kier alpha value is -1.12.